The van der Waals surface area contributed by atoms with Gasteiger partial charge in [0.2, 0.25) is 11.8 Å². The lowest BCUT2D eigenvalue weighted by Crippen LogP contribution is -2.50. The van der Waals surface area contributed by atoms with Crippen molar-refractivity contribution < 1.29 is 9.59 Å². The van der Waals surface area contributed by atoms with Crippen molar-refractivity contribution in [2.45, 2.75) is 45.2 Å². The summed E-state index contributed by atoms with van der Waals surface area (Å²) >= 11 is 0. The van der Waals surface area contributed by atoms with Gasteiger partial charge in [0.25, 0.3) is 0 Å². The molecule has 0 saturated carbocycles. The molecule has 0 aliphatic carbocycles. The van der Waals surface area contributed by atoms with E-state index in [-0.39, 0.29) is 17.7 Å². The molecule has 4 heterocycles. The largest absolute Gasteiger partial charge is 0.340 e. The Labute approximate surface area is 182 Å². The Morgan fingerprint density at radius 3 is 2.58 bits per heavy atom. The summed E-state index contributed by atoms with van der Waals surface area (Å²) in [7, 11) is 0. The van der Waals surface area contributed by atoms with E-state index in [9.17, 15) is 9.59 Å². The van der Waals surface area contributed by atoms with E-state index in [2.05, 4.69) is 19.7 Å². The van der Waals surface area contributed by atoms with Crippen LogP contribution < -0.4 is 4.90 Å². The molecule has 1 aromatic heterocycles. The molecule has 2 amide bonds. The number of benzene rings is 1. The van der Waals surface area contributed by atoms with Crippen molar-refractivity contribution in [3.63, 3.8) is 0 Å². The number of hydrogen-bond acceptors (Lipinski definition) is 5. The van der Waals surface area contributed by atoms with Crippen molar-refractivity contribution in [2.75, 3.05) is 37.6 Å². The van der Waals surface area contributed by atoms with E-state index < -0.39 is 0 Å². The zero-order valence-corrected chi connectivity index (χ0v) is 17.9. The predicted octanol–water partition coefficient (Wildman–Crippen LogP) is 1.70. The van der Waals surface area contributed by atoms with Crippen LogP contribution in [0, 0.1) is 5.92 Å². The molecule has 1 unspecified atom stereocenters. The summed E-state index contributed by atoms with van der Waals surface area (Å²) in [6.07, 6.45) is 4.98. The fraction of sp³-hybridized carbons (Fsp3) is 0.565. The molecule has 2 saturated heterocycles. The Morgan fingerprint density at radius 1 is 0.968 bits per heavy atom. The first kappa shape index (κ1) is 20.2. The average Bonchev–Trinajstić information content (AvgIpc) is 3.28. The number of rotatable bonds is 4. The Balaban J connectivity index is 1.15. The van der Waals surface area contributed by atoms with Gasteiger partial charge >= 0.3 is 0 Å². The molecule has 2 aromatic rings. The van der Waals surface area contributed by atoms with Gasteiger partial charge < -0.3 is 14.4 Å². The van der Waals surface area contributed by atoms with Crippen LogP contribution in [0.25, 0.3) is 0 Å². The molecule has 3 aliphatic heterocycles. The summed E-state index contributed by atoms with van der Waals surface area (Å²) in [5.41, 5.74) is 0.875. The third kappa shape index (κ3) is 4.21. The minimum absolute atomic E-state index is 0.0377. The summed E-state index contributed by atoms with van der Waals surface area (Å²) in [5.74, 6) is 2.08. The van der Waals surface area contributed by atoms with E-state index in [1.54, 1.807) is 4.90 Å². The number of nitrogens with zero attached hydrogens (tertiary/aromatic N) is 6. The van der Waals surface area contributed by atoms with Crippen molar-refractivity contribution in [3.8, 4) is 0 Å². The van der Waals surface area contributed by atoms with Gasteiger partial charge in [-0.1, -0.05) is 24.6 Å². The van der Waals surface area contributed by atoms with E-state index in [1.165, 1.54) is 19.3 Å². The quantitative estimate of drug-likeness (QED) is 0.750. The summed E-state index contributed by atoms with van der Waals surface area (Å²) in [6, 6.07) is 9.63. The molecule has 0 N–H and O–H groups in total. The monoisotopic (exact) mass is 422 g/mol. The van der Waals surface area contributed by atoms with Crippen LogP contribution in [0.5, 0.6) is 0 Å². The predicted molar refractivity (Wildman–Crippen MR) is 116 cm³/mol. The van der Waals surface area contributed by atoms with Gasteiger partial charge in [0.15, 0.2) is 0 Å². The van der Waals surface area contributed by atoms with Crippen LogP contribution in [-0.4, -0.2) is 69.1 Å². The molecular weight excluding hydrogens is 392 g/mol. The number of piperazine rings is 1. The molecule has 8 nitrogen and oxygen atoms in total. The number of carbonyl (C=O) groups excluding carboxylic acids is 2. The lowest BCUT2D eigenvalue weighted by atomic mass is 10.1. The van der Waals surface area contributed by atoms with Crippen molar-refractivity contribution in [1.82, 2.24) is 24.6 Å². The van der Waals surface area contributed by atoms with Gasteiger partial charge in [-0.25, -0.2) is 0 Å². The molecule has 3 aliphatic rings. The Hall–Kier alpha value is -2.74. The van der Waals surface area contributed by atoms with E-state index in [0.29, 0.717) is 26.1 Å². The Morgan fingerprint density at radius 2 is 1.77 bits per heavy atom. The lowest BCUT2D eigenvalue weighted by Gasteiger charge is -2.35. The summed E-state index contributed by atoms with van der Waals surface area (Å²) in [5, 5.41) is 8.85. The molecule has 164 valence electrons. The maximum absolute atomic E-state index is 13.1. The molecule has 0 bridgehead atoms. The first-order chi connectivity index (χ1) is 15.2. The van der Waals surface area contributed by atoms with Gasteiger partial charge in [-0.15, -0.1) is 10.2 Å². The van der Waals surface area contributed by atoms with Crippen LogP contribution in [0.3, 0.4) is 0 Å². The summed E-state index contributed by atoms with van der Waals surface area (Å²) in [4.78, 5) is 31.6. The number of fused-ring (bicyclic) bond motifs is 1. The highest BCUT2D eigenvalue weighted by Gasteiger charge is 2.38. The number of amides is 2. The van der Waals surface area contributed by atoms with Crippen LogP contribution >= 0.6 is 0 Å². The van der Waals surface area contributed by atoms with Crippen LogP contribution in [0.1, 0.15) is 37.3 Å². The minimum atomic E-state index is -0.244. The lowest BCUT2D eigenvalue weighted by molar-refractivity contribution is -0.137. The van der Waals surface area contributed by atoms with Gasteiger partial charge in [0, 0.05) is 57.8 Å². The molecule has 8 heteroatoms. The first-order valence-corrected chi connectivity index (χ1v) is 11.5. The van der Waals surface area contributed by atoms with Gasteiger partial charge in [-0.3, -0.25) is 14.5 Å². The number of aryl methyl sites for hydroxylation is 1. The zero-order chi connectivity index (χ0) is 21.2. The molecule has 5 rings (SSSR count). The molecule has 2 fully saturated rings. The van der Waals surface area contributed by atoms with Crippen molar-refractivity contribution in [3.05, 3.63) is 42.0 Å². The average molecular weight is 423 g/mol. The molecular formula is C23H30N6O2. The summed E-state index contributed by atoms with van der Waals surface area (Å²) < 4.78 is 2.30. The normalized spacial score (nSPS) is 22.5. The zero-order valence-electron chi connectivity index (χ0n) is 17.9. The number of para-hydroxylation sites is 1. The highest BCUT2D eigenvalue weighted by molar-refractivity contribution is 6.00. The van der Waals surface area contributed by atoms with Crippen molar-refractivity contribution in [2.24, 2.45) is 5.92 Å². The molecule has 1 atom stereocenters. The molecule has 0 spiro atoms. The second kappa shape index (κ2) is 8.78. The standard InChI is InChI=1S/C23H30N6O2/c30-22-15-18(16-29(22)19-7-3-1-4-8-19)23(31)27-13-11-26(12-14-27)17-21-25-24-20-9-5-2-6-10-28(20)21/h1,3-4,7-8,18H,2,5-6,9-17H2. The summed E-state index contributed by atoms with van der Waals surface area (Å²) in [6.45, 7) is 5.36. The molecule has 1 aromatic carbocycles. The van der Waals surface area contributed by atoms with Gasteiger partial charge in [0.1, 0.15) is 11.6 Å². The third-order valence-electron chi connectivity index (χ3n) is 6.78. The second-order valence-electron chi connectivity index (χ2n) is 8.84. The van der Waals surface area contributed by atoms with Crippen LogP contribution in [0.2, 0.25) is 0 Å². The highest BCUT2D eigenvalue weighted by Crippen LogP contribution is 2.26. The van der Waals surface area contributed by atoms with Crippen molar-refractivity contribution >= 4 is 17.5 Å². The highest BCUT2D eigenvalue weighted by atomic mass is 16.2. The van der Waals surface area contributed by atoms with Gasteiger partial charge in [0.05, 0.1) is 12.5 Å². The van der Waals surface area contributed by atoms with Crippen molar-refractivity contribution in [1.29, 1.82) is 0 Å². The maximum atomic E-state index is 13.1. The van der Waals surface area contributed by atoms with Crippen LogP contribution in [0.15, 0.2) is 30.3 Å². The SMILES string of the molecule is O=C(C1CC(=O)N(c2ccccc2)C1)N1CCN(Cc2nnc3n2CCCCC3)CC1. The molecule has 0 radical (unpaired) electrons. The fourth-order valence-corrected chi connectivity index (χ4v) is 4.98. The number of aromatic nitrogens is 3. The van der Waals surface area contributed by atoms with Gasteiger partial charge in [-0.2, -0.15) is 0 Å². The minimum Gasteiger partial charge on any atom is -0.340 e. The number of hydrogen-bond donors (Lipinski definition) is 0. The Kier molecular flexibility index (Phi) is 5.72. The van der Waals surface area contributed by atoms with E-state index in [4.69, 9.17) is 0 Å². The second-order valence-corrected chi connectivity index (χ2v) is 8.84. The maximum Gasteiger partial charge on any atom is 0.228 e. The van der Waals surface area contributed by atoms with Crippen LogP contribution in [0.4, 0.5) is 5.69 Å². The first-order valence-electron chi connectivity index (χ1n) is 11.5. The molecule has 31 heavy (non-hydrogen) atoms. The topological polar surface area (TPSA) is 74.6 Å². The van der Waals surface area contributed by atoms with E-state index in [0.717, 1.165) is 49.9 Å². The van der Waals surface area contributed by atoms with E-state index >= 15 is 0 Å². The fourth-order valence-electron chi connectivity index (χ4n) is 4.98. The third-order valence-corrected chi connectivity index (χ3v) is 6.78. The van der Waals surface area contributed by atoms with Gasteiger partial charge in [-0.05, 0) is 25.0 Å². The van der Waals surface area contributed by atoms with Crippen LogP contribution in [-0.2, 0) is 29.1 Å². The van der Waals surface area contributed by atoms with E-state index in [1.807, 2.05) is 35.2 Å². The smallest absolute Gasteiger partial charge is 0.228 e. The number of carbonyl (C=O) groups is 2. The number of anilines is 1. The Bertz CT molecular complexity index is 935.